The smallest absolute Gasteiger partial charge is 0.145 e. The van der Waals surface area contributed by atoms with Crippen LogP contribution in [0.25, 0.3) is 0 Å². The SMILES string of the molecule is CC1(C)C[C@]2(C)CC[C@H]3CCC[C@]32C1=O. The minimum atomic E-state index is -0.0439. The largest absolute Gasteiger partial charge is 0.298 e. The maximum Gasteiger partial charge on any atom is 0.145 e. The second-order valence-corrected chi connectivity index (χ2v) is 7.05. The lowest BCUT2D eigenvalue weighted by molar-refractivity contribution is -0.135. The predicted octanol–water partition coefficient (Wildman–Crippen LogP) is 3.57. The van der Waals surface area contributed by atoms with E-state index in [4.69, 9.17) is 0 Å². The van der Waals surface area contributed by atoms with Crippen LogP contribution in [0.4, 0.5) is 0 Å². The average molecular weight is 206 g/mol. The number of carbonyl (C=O) groups is 1. The fourth-order valence-corrected chi connectivity index (χ4v) is 5.46. The number of rotatable bonds is 0. The summed E-state index contributed by atoms with van der Waals surface area (Å²) in [6.07, 6.45) is 7.55. The number of hydrogen-bond donors (Lipinski definition) is 0. The Kier molecular flexibility index (Phi) is 1.64. The Morgan fingerprint density at radius 1 is 1.13 bits per heavy atom. The summed E-state index contributed by atoms with van der Waals surface area (Å²) in [7, 11) is 0. The predicted molar refractivity (Wildman–Crippen MR) is 60.5 cm³/mol. The van der Waals surface area contributed by atoms with E-state index in [2.05, 4.69) is 20.8 Å². The molecule has 1 heteroatoms. The second kappa shape index (κ2) is 2.49. The van der Waals surface area contributed by atoms with Gasteiger partial charge in [0, 0.05) is 10.8 Å². The maximum absolute atomic E-state index is 12.7. The fourth-order valence-electron chi connectivity index (χ4n) is 5.46. The molecule has 15 heavy (non-hydrogen) atoms. The first-order chi connectivity index (χ1) is 6.92. The number of ketones is 1. The molecule has 0 radical (unpaired) electrons. The summed E-state index contributed by atoms with van der Waals surface area (Å²) in [5.41, 5.74) is 0.406. The molecule has 3 rings (SSSR count). The van der Waals surface area contributed by atoms with Gasteiger partial charge in [-0.1, -0.05) is 27.2 Å². The van der Waals surface area contributed by atoms with Crippen molar-refractivity contribution < 1.29 is 4.79 Å². The molecule has 0 heterocycles. The zero-order chi connectivity index (χ0) is 10.9. The summed E-state index contributed by atoms with van der Waals surface area (Å²) in [4.78, 5) is 12.7. The third-order valence-corrected chi connectivity index (χ3v) is 5.79. The maximum atomic E-state index is 12.7. The van der Waals surface area contributed by atoms with Crippen LogP contribution in [0.2, 0.25) is 0 Å². The van der Waals surface area contributed by atoms with Crippen LogP contribution in [0.15, 0.2) is 0 Å². The Hall–Kier alpha value is -0.330. The third-order valence-electron chi connectivity index (χ3n) is 5.79. The van der Waals surface area contributed by atoms with Gasteiger partial charge in [-0.05, 0) is 43.4 Å². The summed E-state index contributed by atoms with van der Waals surface area (Å²) in [5, 5.41) is 0. The summed E-state index contributed by atoms with van der Waals surface area (Å²) in [5.74, 6) is 1.34. The number of carbonyl (C=O) groups excluding carboxylic acids is 1. The van der Waals surface area contributed by atoms with Gasteiger partial charge in [0.1, 0.15) is 5.78 Å². The lowest BCUT2D eigenvalue weighted by atomic mass is 9.66. The van der Waals surface area contributed by atoms with E-state index in [1.54, 1.807) is 0 Å². The molecular formula is C14H22O. The molecule has 0 unspecified atom stereocenters. The van der Waals surface area contributed by atoms with Crippen LogP contribution in [0, 0.1) is 22.2 Å². The van der Waals surface area contributed by atoms with Gasteiger partial charge in [-0.25, -0.2) is 0 Å². The molecule has 3 aliphatic carbocycles. The van der Waals surface area contributed by atoms with E-state index in [1.165, 1.54) is 32.1 Å². The van der Waals surface area contributed by atoms with E-state index in [-0.39, 0.29) is 10.8 Å². The number of hydrogen-bond acceptors (Lipinski definition) is 1. The van der Waals surface area contributed by atoms with E-state index in [0.29, 0.717) is 11.2 Å². The minimum absolute atomic E-state index is 0.0439. The lowest BCUT2D eigenvalue weighted by Crippen LogP contribution is -2.39. The first-order valence-electron chi connectivity index (χ1n) is 6.47. The quantitative estimate of drug-likeness (QED) is 0.592. The number of Topliss-reactive ketones (excluding diaryl/α,β-unsaturated/α-hetero) is 1. The van der Waals surface area contributed by atoms with Crippen molar-refractivity contribution in [2.75, 3.05) is 0 Å². The monoisotopic (exact) mass is 206 g/mol. The van der Waals surface area contributed by atoms with Gasteiger partial charge in [0.2, 0.25) is 0 Å². The van der Waals surface area contributed by atoms with Crippen LogP contribution in [0.1, 0.15) is 59.3 Å². The highest BCUT2D eigenvalue weighted by Crippen LogP contribution is 2.72. The average Bonchev–Trinajstić information content (AvgIpc) is 2.68. The highest BCUT2D eigenvalue weighted by molar-refractivity contribution is 5.94. The zero-order valence-electron chi connectivity index (χ0n) is 10.2. The normalized spacial score (nSPS) is 51.9. The Balaban J connectivity index is 2.15. The first kappa shape index (κ1) is 9.86. The van der Waals surface area contributed by atoms with Gasteiger partial charge in [0.25, 0.3) is 0 Å². The molecule has 0 amide bonds. The Bertz CT molecular complexity index is 330. The highest BCUT2D eigenvalue weighted by Gasteiger charge is 2.70. The molecule has 3 atom stereocenters. The molecule has 0 aromatic carbocycles. The molecule has 1 nitrogen and oxygen atoms in total. The molecule has 84 valence electrons. The molecule has 0 N–H and O–H groups in total. The summed E-state index contributed by atoms with van der Waals surface area (Å²) >= 11 is 0. The van der Waals surface area contributed by atoms with Gasteiger partial charge < -0.3 is 0 Å². The molecule has 0 saturated heterocycles. The minimum Gasteiger partial charge on any atom is -0.298 e. The summed E-state index contributed by atoms with van der Waals surface area (Å²) in [6.45, 7) is 6.73. The van der Waals surface area contributed by atoms with Gasteiger partial charge >= 0.3 is 0 Å². The van der Waals surface area contributed by atoms with Gasteiger partial charge in [-0.3, -0.25) is 4.79 Å². The van der Waals surface area contributed by atoms with Crippen molar-refractivity contribution in [3.8, 4) is 0 Å². The van der Waals surface area contributed by atoms with Gasteiger partial charge in [0.15, 0.2) is 0 Å². The van der Waals surface area contributed by atoms with E-state index in [0.717, 1.165) is 12.3 Å². The van der Waals surface area contributed by atoms with Crippen LogP contribution >= 0.6 is 0 Å². The van der Waals surface area contributed by atoms with E-state index < -0.39 is 0 Å². The van der Waals surface area contributed by atoms with E-state index in [9.17, 15) is 4.79 Å². The Morgan fingerprint density at radius 2 is 1.87 bits per heavy atom. The Labute approximate surface area is 92.6 Å². The second-order valence-electron chi connectivity index (χ2n) is 7.05. The molecule has 0 aliphatic heterocycles. The van der Waals surface area contributed by atoms with E-state index >= 15 is 0 Å². The van der Waals surface area contributed by atoms with Crippen molar-refractivity contribution in [1.82, 2.24) is 0 Å². The molecule has 0 bridgehead atoms. The van der Waals surface area contributed by atoms with Gasteiger partial charge in [-0.15, -0.1) is 0 Å². The summed E-state index contributed by atoms with van der Waals surface area (Å²) < 4.78 is 0. The molecule has 0 aromatic heterocycles. The first-order valence-corrected chi connectivity index (χ1v) is 6.47. The van der Waals surface area contributed by atoms with Crippen molar-refractivity contribution in [2.45, 2.75) is 59.3 Å². The third kappa shape index (κ3) is 0.893. The van der Waals surface area contributed by atoms with Crippen molar-refractivity contribution in [2.24, 2.45) is 22.2 Å². The highest BCUT2D eigenvalue weighted by atomic mass is 16.1. The zero-order valence-corrected chi connectivity index (χ0v) is 10.2. The molecule has 3 saturated carbocycles. The van der Waals surface area contributed by atoms with Crippen LogP contribution in [0.3, 0.4) is 0 Å². The van der Waals surface area contributed by atoms with Crippen LogP contribution in [-0.4, -0.2) is 5.78 Å². The van der Waals surface area contributed by atoms with Crippen LogP contribution in [0.5, 0.6) is 0 Å². The molecule has 3 aliphatic rings. The lowest BCUT2D eigenvalue weighted by Gasteiger charge is -2.36. The van der Waals surface area contributed by atoms with Gasteiger partial charge in [-0.2, -0.15) is 0 Å². The van der Waals surface area contributed by atoms with Crippen LogP contribution in [-0.2, 0) is 4.79 Å². The molecule has 3 fully saturated rings. The van der Waals surface area contributed by atoms with Crippen molar-refractivity contribution in [1.29, 1.82) is 0 Å². The Morgan fingerprint density at radius 3 is 2.60 bits per heavy atom. The standard InChI is InChI=1S/C14H22O/c1-12(2)9-13(3)8-6-10-5-4-7-14(10,13)11(12)15/h10H,4-9H2,1-3H3/t10-,13+,14-/m1/s1. The molecular weight excluding hydrogens is 184 g/mol. The van der Waals surface area contributed by atoms with Gasteiger partial charge in [0.05, 0.1) is 0 Å². The van der Waals surface area contributed by atoms with Crippen molar-refractivity contribution in [3.05, 3.63) is 0 Å². The van der Waals surface area contributed by atoms with Crippen molar-refractivity contribution >= 4 is 5.78 Å². The van der Waals surface area contributed by atoms with E-state index in [1.807, 2.05) is 0 Å². The van der Waals surface area contributed by atoms with Crippen LogP contribution < -0.4 is 0 Å². The topological polar surface area (TPSA) is 17.1 Å². The fraction of sp³-hybridized carbons (Fsp3) is 0.929. The molecule has 1 spiro atoms. The summed E-state index contributed by atoms with van der Waals surface area (Å²) in [6, 6.07) is 0. The van der Waals surface area contributed by atoms with Crippen molar-refractivity contribution in [3.63, 3.8) is 0 Å². The molecule has 0 aromatic rings.